The van der Waals surface area contributed by atoms with E-state index in [1.54, 1.807) is 0 Å². The highest BCUT2D eigenvalue weighted by Crippen LogP contribution is 2.47. The first-order valence-electron chi connectivity index (χ1n) is 9.07. The Bertz CT molecular complexity index is 1110. The number of alkyl halides is 4. The molecule has 3 N–H and O–H groups in total. The number of amidine groups is 1. The number of nitrogens with two attached hydrogens (primary N) is 1. The van der Waals surface area contributed by atoms with Crippen molar-refractivity contribution in [3.05, 3.63) is 59.2 Å². The lowest BCUT2D eigenvalue weighted by atomic mass is 9.79. The van der Waals surface area contributed by atoms with E-state index >= 15 is 0 Å². The van der Waals surface area contributed by atoms with Crippen LogP contribution in [0.15, 0.2) is 41.5 Å². The van der Waals surface area contributed by atoms with Gasteiger partial charge in [-0.25, -0.2) is 18.8 Å². The van der Waals surface area contributed by atoms with Crippen LogP contribution >= 0.6 is 0 Å². The lowest BCUT2D eigenvalue weighted by Gasteiger charge is -2.42. The maximum Gasteiger partial charge on any atom is 0.428 e. The zero-order valence-corrected chi connectivity index (χ0v) is 16.5. The third kappa shape index (κ3) is 4.18. The molecule has 2 heterocycles. The number of halogens is 5. The number of nitrogens with zero attached hydrogens (tertiary/aromatic N) is 3. The number of carbonyl (C=O) groups excluding carboxylic acids is 1. The number of aromatic nitrogens is 1. The maximum atomic E-state index is 14.7. The van der Waals surface area contributed by atoms with Crippen LogP contribution in [0.25, 0.3) is 0 Å². The highest BCUT2D eigenvalue weighted by Gasteiger charge is 2.61. The summed E-state index contributed by atoms with van der Waals surface area (Å²) in [5, 5.41) is 11.2. The van der Waals surface area contributed by atoms with Gasteiger partial charge in [-0.2, -0.15) is 18.4 Å². The summed E-state index contributed by atoms with van der Waals surface area (Å²) in [7, 11) is 0. The smallest absolute Gasteiger partial charge is 0.428 e. The van der Waals surface area contributed by atoms with Gasteiger partial charge in [0.15, 0.2) is 0 Å². The van der Waals surface area contributed by atoms with Gasteiger partial charge in [0.25, 0.3) is 11.9 Å². The molecule has 0 fully saturated rings. The number of pyridine rings is 1. The molecule has 3 rings (SSSR count). The minimum atomic E-state index is -4.95. The Labute approximate surface area is 178 Å². The molecule has 2 aromatic rings. The van der Waals surface area contributed by atoms with Crippen LogP contribution in [0.2, 0.25) is 0 Å². The van der Waals surface area contributed by atoms with Crippen LogP contribution < -0.4 is 11.1 Å². The molecule has 168 valence electrons. The van der Waals surface area contributed by atoms with Crippen molar-refractivity contribution in [3.63, 3.8) is 0 Å². The second kappa shape index (κ2) is 8.07. The summed E-state index contributed by atoms with van der Waals surface area (Å²) >= 11 is 0. The third-order valence-electron chi connectivity index (χ3n) is 4.96. The molecule has 0 spiro atoms. The van der Waals surface area contributed by atoms with Gasteiger partial charge < -0.3 is 15.8 Å². The summed E-state index contributed by atoms with van der Waals surface area (Å²) in [6.45, 7) is -0.840. The number of rotatable bonds is 4. The summed E-state index contributed by atoms with van der Waals surface area (Å²) in [5.74, 6) is -1.78. The lowest BCUT2D eigenvalue weighted by molar-refractivity contribution is -0.258. The van der Waals surface area contributed by atoms with E-state index in [0.717, 1.165) is 18.2 Å². The van der Waals surface area contributed by atoms with Crippen molar-refractivity contribution in [2.45, 2.75) is 30.7 Å². The minimum Gasteiger partial charge on any atom is -0.449 e. The molecule has 1 aliphatic rings. The number of nitrogens with one attached hydrogen (secondary N) is 1. The van der Waals surface area contributed by atoms with E-state index in [4.69, 9.17) is 11.0 Å². The third-order valence-corrected chi connectivity index (χ3v) is 4.96. The van der Waals surface area contributed by atoms with Crippen LogP contribution in [0.5, 0.6) is 0 Å². The molecule has 0 aliphatic carbocycles. The number of carbonyl (C=O) groups is 1. The largest absolute Gasteiger partial charge is 0.449 e. The topological polar surface area (TPSA) is 113 Å². The first-order valence-corrected chi connectivity index (χ1v) is 9.07. The van der Waals surface area contributed by atoms with E-state index in [9.17, 15) is 26.7 Å². The SMILES string of the molecule is C[C@@]1(C(F)(F)F)C[C@@](CF)(c2cc(NC(=O)c3ccc(C#N)cn3)ccc2F)N=C(N)O1. The van der Waals surface area contributed by atoms with Crippen molar-refractivity contribution < 1.29 is 31.5 Å². The minimum absolute atomic E-state index is 0.0423. The van der Waals surface area contributed by atoms with E-state index in [1.807, 2.05) is 6.07 Å². The monoisotopic (exact) mass is 453 g/mol. The van der Waals surface area contributed by atoms with Crippen molar-refractivity contribution in [3.8, 4) is 6.07 Å². The number of anilines is 1. The van der Waals surface area contributed by atoms with Crippen LogP contribution in [0.1, 0.15) is 35.0 Å². The Morgan fingerprint density at radius 3 is 2.62 bits per heavy atom. The molecule has 0 radical (unpaired) electrons. The number of aliphatic imine (C=N–C) groups is 1. The van der Waals surface area contributed by atoms with Crippen molar-refractivity contribution in [2.75, 3.05) is 12.0 Å². The quantitative estimate of drug-likeness (QED) is 0.688. The van der Waals surface area contributed by atoms with E-state index in [0.29, 0.717) is 6.92 Å². The molecule has 12 heteroatoms. The Hall–Kier alpha value is -3.75. The standard InChI is InChI=1S/C20H16F5N5O2/c1-18(20(23,24)25)9-19(10-21,30-17(27)32-18)13-6-12(3-4-14(13)22)29-16(31)15-5-2-11(7-26)8-28-15/h2-6,8H,9-10H2,1H3,(H2,27,30)(H,29,31)/t18-,19+/m0/s1. The molecule has 0 saturated heterocycles. The van der Waals surface area contributed by atoms with Crippen LogP contribution in [-0.4, -0.2) is 35.4 Å². The van der Waals surface area contributed by atoms with Gasteiger partial charge in [-0.1, -0.05) is 0 Å². The fourth-order valence-corrected chi connectivity index (χ4v) is 3.31. The molecule has 0 saturated carbocycles. The first-order chi connectivity index (χ1) is 14.9. The van der Waals surface area contributed by atoms with Crippen molar-refractivity contribution in [1.29, 1.82) is 5.26 Å². The van der Waals surface area contributed by atoms with E-state index in [1.165, 1.54) is 18.3 Å². The van der Waals surface area contributed by atoms with Gasteiger partial charge in [-0.3, -0.25) is 4.79 Å². The second-order valence-electron chi connectivity index (χ2n) is 7.32. The molecule has 1 aromatic carbocycles. The van der Waals surface area contributed by atoms with Gasteiger partial charge in [0.2, 0.25) is 5.60 Å². The fourth-order valence-electron chi connectivity index (χ4n) is 3.31. The number of hydrogen-bond acceptors (Lipinski definition) is 6. The molecular formula is C20H16F5N5O2. The predicted octanol–water partition coefficient (Wildman–Crippen LogP) is 3.57. The van der Waals surface area contributed by atoms with Crippen LogP contribution in [-0.2, 0) is 10.3 Å². The van der Waals surface area contributed by atoms with E-state index in [2.05, 4.69) is 20.0 Å². The number of hydrogen-bond donors (Lipinski definition) is 2. The van der Waals surface area contributed by atoms with Gasteiger partial charge in [0, 0.05) is 23.9 Å². The van der Waals surface area contributed by atoms with Gasteiger partial charge in [0.1, 0.15) is 29.8 Å². The highest BCUT2D eigenvalue weighted by molar-refractivity contribution is 6.02. The average Bonchev–Trinajstić information content (AvgIpc) is 2.73. The zero-order chi connectivity index (χ0) is 23.7. The van der Waals surface area contributed by atoms with E-state index in [-0.39, 0.29) is 16.9 Å². The molecule has 7 nitrogen and oxygen atoms in total. The molecule has 1 aliphatic heterocycles. The number of benzene rings is 1. The molecule has 0 bridgehead atoms. The van der Waals surface area contributed by atoms with Crippen LogP contribution in [0.3, 0.4) is 0 Å². The molecular weight excluding hydrogens is 437 g/mol. The number of amides is 1. The summed E-state index contributed by atoms with van der Waals surface area (Å²) in [5.41, 5.74) is -0.274. The van der Waals surface area contributed by atoms with Gasteiger partial charge in [0.05, 0.1) is 5.56 Å². The van der Waals surface area contributed by atoms with Crippen LogP contribution in [0, 0.1) is 17.1 Å². The molecule has 32 heavy (non-hydrogen) atoms. The highest BCUT2D eigenvalue weighted by atomic mass is 19.4. The number of ether oxygens (including phenoxy) is 1. The Kier molecular flexibility index (Phi) is 5.78. The summed E-state index contributed by atoms with van der Waals surface area (Å²) in [6, 6.07) is 6.52. The molecule has 0 unspecified atom stereocenters. The Balaban J connectivity index is 1.98. The molecule has 1 amide bonds. The van der Waals surface area contributed by atoms with Gasteiger partial charge in [-0.15, -0.1) is 0 Å². The molecule has 1 aromatic heterocycles. The van der Waals surface area contributed by atoms with Gasteiger partial charge in [-0.05, 0) is 37.3 Å². The Morgan fingerprint density at radius 2 is 2.06 bits per heavy atom. The normalized spacial score (nSPS) is 23.0. The Morgan fingerprint density at radius 1 is 1.34 bits per heavy atom. The van der Waals surface area contributed by atoms with Crippen molar-refractivity contribution >= 4 is 17.6 Å². The summed E-state index contributed by atoms with van der Waals surface area (Å²) in [6.07, 6.45) is -4.86. The second-order valence-corrected chi connectivity index (χ2v) is 7.32. The summed E-state index contributed by atoms with van der Waals surface area (Å²) in [4.78, 5) is 19.9. The van der Waals surface area contributed by atoms with Crippen molar-refractivity contribution in [1.82, 2.24) is 4.98 Å². The van der Waals surface area contributed by atoms with Gasteiger partial charge >= 0.3 is 6.18 Å². The first kappa shape index (κ1) is 22.9. The molecule has 2 atom stereocenters. The fraction of sp³-hybridized carbons (Fsp3) is 0.300. The van der Waals surface area contributed by atoms with E-state index < -0.39 is 53.7 Å². The lowest BCUT2D eigenvalue weighted by Crippen LogP contribution is -2.56. The average molecular weight is 453 g/mol. The predicted molar refractivity (Wildman–Crippen MR) is 103 cm³/mol. The van der Waals surface area contributed by atoms with Crippen molar-refractivity contribution in [2.24, 2.45) is 10.7 Å². The zero-order valence-electron chi connectivity index (χ0n) is 16.5. The summed E-state index contributed by atoms with van der Waals surface area (Å²) < 4.78 is 74.1. The maximum absolute atomic E-state index is 14.7. The van der Waals surface area contributed by atoms with Crippen LogP contribution in [0.4, 0.5) is 27.6 Å². The number of nitriles is 1.